The normalized spacial score (nSPS) is 22.1. The summed E-state index contributed by atoms with van der Waals surface area (Å²) < 4.78 is 0. The van der Waals surface area contributed by atoms with Crippen molar-refractivity contribution in [3.8, 4) is 0 Å². The lowest BCUT2D eigenvalue weighted by Crippen LogP contribution is -2.62. The van der Waals surface area contributed by atoms with Gasteiger partial charge in [0.25, 0.3) is 0 Å². The van der Waals surface area contributed by atoms with E-state index in [4.69, 9.17) is 0 Å². The lowest BCUT2D eigenvalue weighted by molar-refractivity contribution is -0.134. The average Bonchev–Trinajstić information content (AvgIpc) is 2.24. The Bertz CT molecular complexity index is 296. The zero-order chi connectivity index (χ0) is 12.3. The van der Waals surface area contributed by atoms with Crippen LogP contribution in [0.5, 0.6) is 0 Å². The molecule has 6 nitrogen and oxygen atoms in total. The van der Waals surface area contributed by atoms with E-state index in [2.05, 4.69) is 15.5 Å². The summed E-state index contributed by atoms with van der Waals surface area (Å²) in [6.07, 6.45) is 0. The highest BCUT2D eigenvalue weighted by atomic mass is 16.2. The summed E-state index contributed by atoms with van der Waals surface area (Å²) in [4.78, 5) is 26.7. The van der Waals surface area contributed by atoms with Crippen molar-refractivity contribution in [1.82, 2.24) is 20.4 Å². The molecular weight excluding hydrogens is 220 g/mol. The second kappa shape index (κ2) is 5.46. The number of rotatable bonds is 3. The molecule has 96 valence electrons. The lowest BCUT2D eigenvalue weighted by Gasteiger charge is -2.43. The van der Waals surface area contributed by atoms with E-state index < -0.39 is 0 Å². The molecule has 0 atom stereocenters. The highest BCUT2D eigenvalue weighted by Crippen LogP contribution is 2.09. The number of amides is 2. The van der Waals surface area contributed by atoms with Crippen molar-refractivity contribution in [2.45, 2.75) is 13.0 Å². The number of carbonyl (C=O) groups is 2. The maximum Gasteiger partial charge on any atom is 0.242 e. The first-order chi connectivity index (χ1) is 8.16. The Balaban J connectivity index is 1.70. The van der Waals surface area contributed by atoms with Crippen molar-refractivity contribution < 1.29 is 9.59 Å². The fraction of sp³-hybridized carbons (Fsp3) is 0.818. The van der Waals surface area contributed by atoms with Crippen LogP contribution in [0, 0.1) is 0 Å². The molecule has 0 unspecified atom stereocenters. The third-order valence-corrected chi connectivity index (χ3v) is 3.43. The molecule has 2 rings (SSSR count). The van der Waals surface area contributed by atoms with Crippen LogP contribution in [-0.4, -0.2) is 73.5 Å². The smallest absolute Gasteiger partial charge is 0.242 e. The fourth-order valence-corrected chi connectivity index (χ4v) is 2.18. The van der Waals surface area contributed by atoms with Crippen LogP contribution < -0.4 is 10.6 Å². The van der Waals surface area contributed by atoms with E-state index in [1.807, 2.05) is 4.90 Å². The van der Waals surface area contributed by atoms with Crippen molar-refractivity contribution in [1.29, 1.82) is 0 Å². The Hall–Kier alpha value is -1.14. The van der Waals surface area contributed by atoms with Gasteiger partial charge in [-0.2, -0.15) is 0 Å². The highest BCUT2D eigenvalue weighted by molar-refractivity contribution is 5.83. The fourth-order valence-electron chi connectivity index (χ4n) is 2.18. The average molecular weight is 240 g/mol. The molecule has 6 heteroatoms. The minimum Gasteiger partial charge on any atom is -0.347 e. The monoisotopic (exact) mass is 240 g/mol. The molecule has 0 aromatic rings. The zero-order valence-corrected chi connectivity index (χ0v) is 10.2. The summed E-state index contributed by atoms with van der Waals surface area (Å²) in [5.41, 5.74) is 0. The summed E-state index contributed by atoms with van der Waals surface area (Å²) in [6, 6.07) is 0.655. The Morgan fingerprint density at radius 3 is 2.35 bits per heavy atom. The number of carbonyl (C=O) groups excluding carboxylic acids is 2. The second-order valence-electron chi connectivity index (χ2n) is 4.64. The van der Waals surface area contributed by atoms with E-state index in [-0.39, 0.29) is 18.4 Å². The van der Waals surface area contributed by atoms with E-state index in [9.17, 15) is 9.59 Å². The van der Waals surface area contributed by atoms with E-state index in [0.29, 0.717) is 6.04 Å². The number of nitrogens with zero attached hydrogens (tertiary/aromatic N) is 2. The van der Waals surface area contributed by atoms with Crippen molar-refractivity contribution in [3.63, 3.8) is 0 Å². The number of hydrogen-bond acceptors (Lipinski definition) is 4. The van der Waals surface area contributed by atoms with Crippen LogP contribution in [0.2, 0.25) is 0 Å². The minimum atomic E-state index is -0.155. The Labute approximate surface area is 101 Å². The van der Waals surface area contributed by atoms with Crippen LogP contribution in [0.25, 0.3) is 0 Å². The van der Waals surface area contributed by atoms with E-state index in [0.717, 1.165) is 39.3 Å². The van der Waals surface area contributed by atoms with Gasteiger partial charge in [-0.15, -0.1) is 0 Å². The van der Waals surface area contributed by atoms with Gasteiger partial charge < -0.3 is 15.5 Å². The molecule has 2 aliphatic heterocycles. The molecule has 2 amide bonds. The third kappa shape index (κ3) is 3.17. The van der Waals surface area contributed by atoms with Gasteiger partial charge in [0, 0.05) is 52.2 Å². The van der Waals surface area contributed by atoms with Crippen LogP contribution >= 0.6 is 0 Å². The van der Waals surface area contributed by atoms with E-state index >= 15 is 0 Å². The summed E-state index contributed by atoms with van der Waals surface area (Å²) in [6.45, 7) is 7.12. The van der Waals surface area contributed by atoms with Gasteiger partial charge >= 0.3 is 0 Å². The standard InChI is InChI=1S/C11H20N4O2/c1-9(16)13-8-11(17)15-4-2-14(3-5-15)10-6-12-7-10/h10,12H,2-8H2,1H3,(H,13,16). The van der Waals surface area contributed by atoms with Gasteiger partial charge in [-0.25, -0.2) is 0 Å². The predicted molar refractivity (Wildman–Crippen MR) is 63.5 cm³/mol. The number of piperazine rings is 1. The summed E-state index contributed by atoms with van der Waals surface area (Å²) in [7, 11) is 0. The first kappa shape index (κ1) is 12.3. The molecule has 0 aliphatic carbocycles. The largest absolute Gasteiger partial charge is 0.347 e. The van der Waals surface area contributed by atoms with Crippen LogP contribution in [0.15, 0.2) is 0 Å². The van der Waals surface area contributed by atoms with Gasteiger partial charge in [0.2, 0.25) is 11.8 Å². The maximum atomic E-state index is 11.7. The molecule has 0 aromatic heterocycles. The first-order valence-corrected chi connectivity index (χ1v) is 6.14. The molecule has 0 saturated carbocycles. The van der Waals surface area contributed by atoms with Crippen molar-refractivity contribution in [2.75, 3.05) is 45.8 Å². The van der Waals surface area contributed by atoms with Crippen molar-refractivity contribution in [2.24, 2.45) is 0 Å². The van der Waals surface area contributed by atoms with E-state index in [1.54, 1.807) is 0 Å². The lowest BCUT2D eigenvalue weighted by atomic mass is 10.1. The highest BCUT2D eigenvalue weighted by Gasteiger charge is 2.28. The Morgan fingerprint density at radius 1 is 1.24 bits per heavy atom. The van der Waals surface area contributed by atoms with Gasteiger partial charge in [-0.3, -0.25) is 14.5 Å². The maximum absolute atomic E-state index is 11.7. The topological polar surface area (TPSA) is 64.7 Å². The van der Waals surface area contributed by atoms with Gasteiger partial charge in [-0.05, 0) is 0 Å². The molecule has 0 aromatic carbocycles. The molecule has 0 spiro atoms. The van der Waals surface area contributed by atoms with Gasteiger partial charge in [0.05, 0.1) is 6.54 Å². The number of hydrogen-bond donors (Lipinski definition) is 2. The molecular formula is C11H20N4O2. The van der Waals surface area contributed by atoms with Crippen LogP contribution in [0.1, 0.15) is 6.92 Å². The van der Waals surface area contributed by atoms with Crippen molar-refractivity contribution >= 4 is 11.8 Å². The minimum absolute atomic E-state index is 0.0200. The van der Waals surface area contributed by atoms with Crippen LogP contribution in [0.3, 0.4) is 0 Å². The zero-order valence-electron chi connectivity index (χ0n) is 10.2. The van der Waals surface area contributed by atoms with Crippen molar-refractivity contribution in [3.05, 3.63) is 0 Å². The summed E-state index contributed by atoms with van der Waals surface area (Å²) in [5.74, 6) is -0.135. The third-order valence-electron chi connectivity index (χ3n) is 3.43. The van der Waals surface area contributed by atoms with Crippen LogP contribution in [-0.2, 0) is 9.59 Å². The molecule has 2 N–H and O–H groups in total. The van der Waals surface area contributed by atoms with Crippen LogP contribution in [0.4, 0.5) is 0 Å². The summed E-state index contributed by atoms with van der Waals surface area (Å²) in [5, 5.41) is 5.80. The SMILES string of the molecule is CC(=O)NCC(=O)N1CCN(C2CNC2)CC1. The van der Waals surface area contributed by atoms with Gasteiger partial charge in [0.15, 0.2) is 0 Å². The molecule has 0 bridgehead atoms. The Morgan fingerprint density at radius 2 is 1.88 bits per heavy atom. The molecule has 2 aliphatic rings. The molecule has 0 radical (unpaired) electrons. The summed E-state index contributed by atoms with van der Waals surface area (Å²) >= 11 is 0. The molecule has 17 heavy (non-hydrogen) atoms. The van der Waals surface area contributed by atoms with Gasteiger partial charge in [-0.1, -0.05) is 0 Å². The second-order valence-corrected chi connectivity index (χ2v) is 4.64. The van der Waals surface area contributed by atoms with E-state index in [1.165, 1.54) is 6.92 Å². The molecule has 2 fully saturated rings. The molecule has 2 heterocycles. The first-order valence-electron chi connectivity index (χ1n) is 6.14. The number of nitrogens with one attached hydrogen (secondary N) is 2. The molecule has 2 saturated heterocycles. The Kier molecular flexibility index (Phi) is 3.96. The predicted octanol–water partition coefficient (Wildman–Crippen LogP) is -1.76. The van der Waals surface area contributed by atoms with Gasteiger partial charge in [0.1, 0.15) is 0 Å². The quantitative estimate of drug-likeness (QED) is 0.613.